The number of hydrogen-bond donors (Lipinski definition) is 3. The Labute approximate surface area is 200 Å². The SMILES string of the molecule is CCCCN(C(=O)CNc1ccc(Cl)c(Cl)c1)c1c(N)n(Cc2ccccc2)c(=O)[nH]c1=O. The maximum absolute atomic E-state index is 13.1. The molecule has 174 valence electrons. The molecule has 0 bridgehead atoms. The number of aromatic nitrogens is 2. The fourth-order valence-electron chi connectivity index (χ4n) is 3.32. The first-order valence-corrected chi connectivity index (χ1v) is 11.2. The number of benzene rings is 2. The molecule has 0 aliphatic carbocycles. The van der Waals surface area contributed by atoms with Gasteiger partial charge in [0, 0.05) is 12.2 Å². The maximum atomic E-state index is 13.1. The zero-order chi connectivity index (χ0) is 24.0. The van der Waals surface area contributed by atoms with Crippen molar-refractivity contribution < 1.29 is 4.79 Å². The second-order valence-electron chi connectivity index (χ2n) is 7.45. The molecule has 0 saturated heterocycles. The summed E-state index contributed by atoms with van der Waals surface area (Å²) >= 11 is 12.0. The first kappa shape index (κ1) is 24.4. The minimum atomic E-state index is -0.708. The second-order valence-corrected chi connectivity index (χ2v) is 8.26. The lowest BCUT2D eigenvalue weighted by molar-refractivity contribution is -0.117. The number of nitrogens with zero attached hydrogens (tertiary/aromatic N) is 2. The molecule has 1 aromatic heterocycles. The van der Waals surface area contributed by atoms with Gasteiger partial charge in [0.15, 0.2) is 5.69 Å². The predicted molar refractivity (Wildman–Crippen MR) is 133 cm³/mol. The van der Waals surface area contributed by atoms with Gasteiger partial charge in [0.05, 0.1) is 23.1 Å². The van der Waals surface area contributed by atoms with E-state index < -0.39 is 11.2 Å². The van der Waals surface area contributed by atoms with Crippen LogP contribution in [-0.2, 0) is 11.3 Å². The van der Waals surface area contributed by atoms with Crippen LogP contribution < -0.4 is 27.2 Å². The highest BCUT2D eigenvalue weighted by atomic mass is 35.5. The Morgan fingerprint density at radius 3 is 2.52 bits per heavy atom. The van der Waals surface area contributed by atoms with Gasteiger partial charge in [-0.25, -0.2) is 4.79 Å². The number of unbranched alkanes of at least 4 members (excludes halogenated alkanes) is 1. The summed E-state index contributed by atoms with van der Waals surface area (Å²) in [6, 6.07) is 14.2. The summed E-state index contributed by atoms with van der Waals surface area (Å²) < 4.78 is 1.25. The van der Waals surface area contributed by atoms with Crippen LogP contribution in [0.4, 0.5) is 17.2 Å². The fraction of sp³-hybridized carbons (Fsp3) is 0.261. The number of H-pyrrole nitrogens is 1. The highest BCUT2D eigenvalue weighted by Crippen LogP contribution is 2.25. The molecular formula is C23H25Cl2N5O3. The van der Waals surface area contributed by atoms with E-state index >= 15 is 0 Å². The van der Waals surface area contributed by atoms with Crippen molar-refractivity contribution in [3.63, 3.8) is 0 Å². The summed E-state index contributed by atoms with van der Waals surface area (Å²) in [4.78, 5) is 42.0. The van der Waals surface area contributed by atoms with Crippen LogP contribution >= 0.6 is 23.2 Å². The fourth-order valence-corrected chi connectivity index (χ4v) is 3.62. The average Bonchev–Trinajstić information content (AvgIpc) is 2.80. The lowest BCUT2D eigenvalue weighted by Crippen LogP contribution is -2.43. The Morgan fingerprint density at radius 2 is 1.85 bits per heavy atom. The largest absolute Gasteiger partial charge is 0.383 e. The van der Waals surface area contributed by atoms with E-state index in [1.807, 2.05) is 37.3 Å². The molecule has 0 aliphatic heterocycles. The third kappa shape index (κ3) is 5.97. The number of hydrogen-bond acceptors (Lipinski definition) is 5. The number of amides is 1. The van der Waals surface area contributed by atoms with Crippen LogP contribution in [0.3, 0.4) is 0 Å². The van der Waals surface area contributed by atoms with Gasteiger partial charge in [0.25, 0.3) is 5.56 Å². The molecule has 33 heavy (non-hydrogen) atoms. The number of aromatic amines is 1. The first-order valence-electron chi connectivity index (χ1n) is 10.5. The van der Waals surface area contributed by atoms with Crippen LogP contribution in [0.5, 0.6) is 0 Å². The molecule has 0 saturated carbocycles. The molecule has 1 heterocycles. The lowest BCUT2D eigenvalue weighted by atomic mass is 10.2. The molecule has 1 amide bonds. The first-order chi connectivity index (χ1) is 15.8. The van der Waals surface area contributed by atoms with Crippen LogP contribution in [0, 0.1) is 0 Å². The third-order valence-electron chi connectivity index (χ3n) is 5.07. The van der Waals surface area contributed by atoms with E-state index in [1.54, 1.807) is 18.2 Å². The molecule has 0 fully saturated rings. The van der Waals surface area contributed by atoms with E-state index in [1.165, 1.54) is 9.47 Å². The number of carbonyl (C=O) groups is 1. The van der Waals surface area contributed by atoms with Crippen molar-refractivity contribution in [3.05, 3.63) is 85.0 Å². The van der Waals surface area contributed by atoms with E-state index in [2.05, 4.69) is 10.3 Å². The number of nitrogens with two attached hydrogens (primary N) is 1. The minimum absolute atomic E-state index is 0.0417. The third-order valence-corrected chi connectivity index (χ3v) is 5.81. The van der Waals surface area contributed by atoms with Gasteiger partial charge in [-0.2, -0.15) is 0 Å². The number of nitrogen functional groups attached to an aromatic ring is 1. The molecule has 0 radical (unpaired) electrons. The highest BCUT2D eigenvalue weighted by Gasteiger charge is 2.24. The van der Waals surface area contributed by atoms with Gasteiger partial charge in [0.2, 0.25) is 5.91 Å². The molecule has 4 N–H and O–H groups in total. The number of carbonyl (C=O) groups excluding carboxylic acids is 1. The van der Waals surface area contributed by atoms with E-state index in [0.717, 1.165) is 12.0 Å². The van der Waals surface area contributed by atoms with Crippen LogP contribution in [0.25, 0.3) is 0 Å². The van der Waals surface area contributed by atoms with Crippen molar-refractivity contribution in [2.45, 2.75) is 26.3 Å². The van der Waals surface area contributed by atoms with Crippen molar-refractivity contribution >= 4 is 46.3 Å². The number of nitrogens with one attached hydrogen (secondary N) is 2. The zero-order valence-corrected chi connectivity index (χ0v) is 19.6. The summed E-state index contributed by atoms with van der Waals surface area (Å²) in [6.07, 6.45) is 1.45. The zero-order valence-electron chi connectivity index (χ0n) is 18.1. The summed E-state index contributed by atoms with van der Waals surface area (Å²) in [7, 11) is 0. The van der Waals surface area contributed by atoms with Crippen molar-refractivity contribution in [2.75, 3.05) is 29.0 Å². The molecule has 2 aromatic carbocycles. The number of halogens is 2. The summed E-state index contributed by atoms with van der Waals surface area (Å²) in [5.74, 6) is -0.441. The number of anilines is 3. The summed E-state index contributed by atoms with van der Waals surface area (Å²) in [6.45, 7) is 2.29. The predicted octanol–water partition coefficient (Wildman–Crippen LogP) is 3.72. The van der Waals surface area contributed by atoms with Gasteiger partial charge in [-0.15, -0.1) is 0 Å². The molecule has 0 unspecified atom stereocenters. The van der Waals surface area contributed by atoms with Gasteiger partial charge in [-0.1, -0.05) is 66.9 Å². The Bertz CT molecular complexity index is 1240. The van der Waals surface area contributed by atoms with Gasteiger partial charge < -0.3 is 16.0 Å². The summed E-state index contributed by atoms with van der Waals surface area (Å²) in [5, 5.41) is 3.74. The molecule has 8 nitrogen and oxygen atoms in total. The molecule has 3 aromatic rings. The van der Waals surface area contributed by atoms with Crippen LogP contribution in [0.1, 0.15) is 25.3 Å². The van der Waals surface area contributed by atoms with E-state index in [9.17, 15) is 14.4 Å². The quantitative estimate of drug-likeness (QED) is 0.423. The van der Waals surface area contributed by atoms with Crippen molar-refractivity contribution in [2.24, 2.45) is 0 Å². The van der Waals surface area contributed by atoms with Gasteiger partial charge >= 0.3 is 5.69 Å². The molecular weight excluding hydrogens is 465 g/mol. The molecule has 0 spiro atoms. The van der Waals surface area contributed by atoms with Crippen LogP contribution in [0.2, 0.25) is 10.0 Å². The standard InChI is InChI=1S/C23H25Cl2N5O3/c1-2-3-11-29(19(31)13-27-16-9-10-17(24)18(25)12-16)20-21(26)30(23(33)28-22(20)32)14-15-7-5-4-6-8-15/h4-10,12,27H,2-3,11,13-14,26H2,1H3,(H,28,32,33). The maximum Gasteiger partial charge on any atom is 0.330 e. The number of rotatable bonds is 9. The normalized spacial score (nSPS) is 10.8. The minimum Gasteiger partial charge on any atom is -0.383 e. The smallest absolute Gasteiger partial charge is 0.330 e. The van der Waals surface area contributed by atoms with Crippen LogP contribution in [0.15, 0.2) is 58.1 Å². The monoisotopic (exact) mass is 489 g/mol. The Hall–Kier alpha value is -3.23. The molecule has 3 rings (SSSR count). The van der Waals surface area contributed by atoms with E-state index in [0.29, 0.717) is 22.2 Å². The van der Waals surface area contributed by atoms with Crippen molar-refractivity contribution in [3.8, 4) is 0 Å². The van der Waals surface area contributed by atoms with E-state index in [4.69, 9.17) is 28.9 Å². The second kappa shape index (κ2) is 11.1. The van der Waals surface area contributed by atoms with Crippen molar-refractivity contribution in [1.82, 2.24) is 9.55 Å². The molecule has 0 aliphatic rings. The van der Waals surface area contributed by atoms with Gasteiger partial charge in [-0.3, -0.25) is 19.1 Å². The van der Waals surface area contributed by atoms with Crippen LogP contribution in [-0.4, -0.2) is 28.5 Å². The topological polar surface area (TPSA) is 113 Å². The Morgan fingerprint density at radius 1 is 1.12 bits per heavy atom. The Kier molecular flexibility index (Phi) is 8.19. The molecule has 0 atom stereocenters. The van der Waals surface area contributed by atoms with E-state index in [-0.39, 0.29) is 37.0 Å². The molecule has 10 heteroatoms. The van der Waals surface area contributed by atoms with Gasteiger partial charge in [-0.05, 0) is 30.2 Å². The van der Waals surface area contributed by atoms with Gasteiger partial charge in [0.1, 0.15) is 5.82 Å². The summed E-state index contributed by atoms with van der Waals surface area (Å²) in [5.41, 5.74) is 6.33. The highest BCUT2D eigenvalue weighted by molar-refractivity contribution is 6.42. The Balaban J connectivity index is 1.92. The lowest BCUT2D eigenvalue weighted by Gasteiger charge is -2.25. The average molecular weight is 490 g/mol. The van der Waals surface area contributed by atoms with Crippen molar-refractivity contribution in [1.29, 1.82) is 0 Å².